The van der Waals surface area contributed by atoms with E-state index in [1.165, 1.54) is 22.4 Å². The maximum absolute atomic E-state index is 10.9. The van der Waals surface area contributed by atoms with Gasteiger partial charge in [0.2, 0.25) is 0 Å². The van der Waals surface area contributed by atoms with Crippen molar-refractivity contribution in [1.82, 2.24) is 0 Å². The molecule has 3 unspecified atom stereocenters. The van der Waals surface area contributed by atoms with Gasteiger partial charge in [0.15, 0.2) is 0 Å². The Balaban J connectivity index is 1.78. The molecule has 24 heavy (non-hydrogen) atoms. The first-order chi connectivity index (χ1) is 11.6. The second-order valence-electron chi connectivity index (χ2n) is 6.81. The van der Waals surface area contributed by atoms with Gasteiger partial charge in [-0.15, -0.1) is 0 Å². The van der Waals surface area contributed by atoms with Crippen LogP contribution < -0.4 is 5.32 Å². The molecule has 4 heteroatoms. The molecule has 3 atom stereocenters. The van der Waals surface area contributed by atoms with E-state index in [1.54, 1.807) is 12.1 Å². The summed E-state index contributed by atoms with van der Waals surface area (Å²) in [5.74, 6) is 0.876. The van der Waals surface area contributed by atoms with Crippen molar-refractivity contribution in [3.63, 3.8) is 0 Å². The Kier molecular flexibility index (Phi) is 3.41. The van der Waals surface area contributed by atoms with Crippen molar-refractivity contribution in [2.75, 3.05) is 5.32 Å². The van der Waals surface area contributed by atoms with Crippen LogP contribution in [-0.4, -0.2) is 4.92 Å². The van der Waals surface area contributed by atoms with E-state index < -0.39 is 0 Å². The molecule has 1 aliphatic heterocycles. The zero-order valence-corrected chi connectivity index (χ0v) is 13.8. The van der Waals surface area contributed by atoms with Crippen LogP contribution in [0.15, 0.2) is 48.6 Å². The summed E-state index contributed by atoms with van der Waals surface area (Å²) in [7, 11) is 0. The number of aryl methyl sites for hydroxylation is 2. The average molecular weight is 320 g/mol. The SMILES string of the molecule is Cc1ccc(C)c2c1NC(c1ccc([N+](=O)[O-])cc1)C1CC=CC21. The molecule has 0 amide bonds. The number of anilines is 1. The summed E-state index contributed by atoms with van der Waals surface area (Å²) in [6, 6.07) is 11.5. The fraction of sp³-hybridized carbons (Fsp3) is 0.300. The van der Waals surface area contributed by atoms with Crippen molar-refractivity contribution < 1.29 is 4.92 Å². The minimum Gasteiger partial charge on any atom is -0.377 e. The van der Waals surface area contributed by atoms with Gasteiger partial charge in [-0.1, -0.05) is 36.4 Å². The normalized spacial score (nSPS) is 24.2. The van der Waals surface area contributed by atoms with Crippen LogP contribution in [0.4, 0.5) is 11.4 Å². The van der Waals surface area contributed by atoms with Gasteiger partial charge in [-0.3, -0.25) is 10.1 Å². The van der Waals surface area contributed by atoms with Crippen LogP contribution in [0.5, 0.6) is 0 Å². The van der Waals surface area contributed by atoms with Gasteiger partial charge in [-0.2, -0.15) is 0 Å². The average Bonchev–Trinajstić information content (AvgIpc) is 3.07. The zero-order chi connectivity index (χ0) is 16.8. The second kappa shape index (κ2) is 5.48. The van der Waals surface area contributed by atoms with Gasteiger partial charge < -0.3 is 5.32 Å². The van der Waals surface area contributed by atoms with Crippen molar-refractivity contribution in [2.45, 2.75) is 32.2 Å². The van der Waals surface area contributed by atoms with Crippen LogP contribution in [-0.2, 0) is 0 Å². The van der Waals surface area contributed by atoms with Crippen LogP contribution in [0.3, 0.4) is 0 Å². The van der Waals surface area contributed by atoms with Crippen molar-refractivity contribution in [3.05, 3.63) is 80.9 Å². The Bertz CT molecular complexity index is 839. The molecule has 1 heterocycles. The summed E-state index contributed by atoms with van der Waals surface area (Å²) in [4.78, 5) is 10.6. The lowest BCUT2D eigenvalue weighted by atomic mass is 9.75. The first-order valence-corrected chi connectivity index (χ1v) is 8.34. The molecule has 0 radical (unpaired) electrons. The molecule has 2 aromatic carbocycles. The molecule has 0 bridgehead atoms. The largest absolute Gasteiger partial charge is 0.377 e. The van der Waals surface area contributed by atoms with Crippen LogP contribution in [0.1, 0.15) is 40.6 Å². The molecule has 0 saturated carbocycles. The minimum atomic E-state index is -0.346. The topological polar surface area (TPSA) is 55.2 Å². The van der Waals surface area contributed by atoms with Gasteiger partial charge in [-0.25, -0.2) is 0 Å². The lowest BCUT2D eigenvalue weighted by Crippen LogP contribution is -2.30. The lowest BCUT2D eigenvalue weighted by molar-refractivity contribution is -0.384. The fourth-order valence-corrected chi connectivity index (χ4v) is 4.18. The maximum atomic E-state index is 10.9. The first-order valence-electron chi connectivity index (χ1n) is 8.34. The van der Waals surface area contributed by atoms with Crippen LogP contribution in [0, 0.1) is 29.9 Å². The standard InChI is InChI=1S/C20H20N2O2/c1-12-6-7-13(2)19-18(12)16-4-3-5-17(16)20(21-19)14-8-10-15(11-9-14)22(23)24/h3-4,6-11,16-17,20-21H,5H2,1-2H3. The molecular formula is C20H20N2O2. The van der Waals surface area contributed by atoms with E-state index in [0.29, 0.717) is 11.8 Å². The van der Waals surface area contributed by atoms with E-state index in [-0.39, 0.29) is 16.7 Å². The Hall–Kier alpha value is -2.62. The number of allylic oxidation sites excluding steroid dienone is 2. The second-order valence-corrected chi connectivity index (χ2v) is 6.81. The minimum absolute atomic E-state index is 0.142. The van der Waals surface area contributed by atoms with Gasteiger partial charge in [0, 0.05) is 23.7 Å². The number of nitro benzene ring substituents is 1. The summed E-state index contributed by atoms with van der Waals surface area (Å²) in [6.45, 7) is 4.31. The Labute approximate surface area is 141 Å². The highest BCUT2D eigenvalue weighted by Crippen LogP contribution is 2.51. The lowest BCUT2D eigenvalue weighted by Gasteiger charge is -2.39. The summed E-state index contributed by atoms with van der Waals surface area (Å²) in [5, 5.41) is 14.6. The molecule has 4 rings (SSSR count). The quantitative estimate of drug-likeness (QED) is 0.479. The Morgan fingerprint density at radius 3 is 2.50 bits per heavy atom. The molecule has 2 aromatic rings. The summed E-state index contributed by atoms with van der Waals surface area (Å²) in [6.07, 6.45) is 5.63. The van der Waals surface area contributed by atoms with E-state index >= 15 is 0 Å². The number of nitro groups is 1. The van der Waals surface area contributed by atoms with Crippen molar-refractivity contribution in [2.24, 2.45) is 5.92 Å². The van der Waals surface area contributed by atoms with E-state index in [0.717, 1.165) is 12.0 Å². The number of non-ortho nitro benzene ring substituents is 1. The highest BCUT2D eigenvalue weighted by Gasteiger charge is 2.39. The van der Waals surface area contributed by atoms with Crippen molar-refractivity contribution >= 4 is 11.4 Å². The smallest absolute Gasteiger partial charge is 0.269 e. The number of nitrogens with zero attached hydrogens (tertiary/aromatic N) is 1. The van der Waals surface area contributed by atoms with Crippen molar-refractivity contribution in [1.29, 1.82) is 0 Å². The van der Waals surface area contributed by atoms with Crippen LogP contribution in [0.25, 0.3) is 0 Å². The van der Waals surface area contributed by atoms with E-state index in [2.05, 4.69) is 43.4 Å². The Morgan fingerprint density at radius 2 is 1.79 bits per heavy atom. The molecule has 0 saturated heterocycles. The van der Waals surface area contributed by atoms with Gasteiger partial charge in [0.1, 0.15) is 0 Å². The molecule has 1 N–H and O–H groups in total. The van der Waals surface area contributed by atoms with Crippen molar-refractivity contribution in [3.8, 4) is 0 Å². The van der Waals surface area contributed by atoms with E-state index in [9.17, 15) is 10.1 Å². The molecule has 4 nitrogen and oxygen atoms in total. The number of rotatable bonds is 2. The van der Waals surface area contributed by atoms with Gasteiger partial charge in [0.25, 0.3) is 5.69 Å². The molecule has 0 aromatic heterocycles. The fourth-order valence-electron chi connectivity index (χ4n) is 4.18. The summed E-state index contributed by atoms with van der Waals surface area (Å²) >= 11 is 0. The molecule has 2 aliphatic rings. The third kappa shape index (κ3) is 2.21. The number of hydrogen-bond acceptors (Lipinski definition) is 3. The third-order valence-electron chi connectivity index (χ3n) is 5.41. The van der Waals surface area contributed by atoms with E-state index in [4.69, 9.17) is 0 Å². The number of hydrogen-bond donors (Lipinski definition) is 1. The predicted molar refractivity (Wildman–Crippen MR) is 95.4 cm³/mol. The molecule has 0 spiro atoms. The highest BCUT2D eigenvalue weighted by atomic mass is 16.6. The number of nitrogens with one attached hydrogen (secondary N) is 1. The number of fused-ring (bicyclic) bond motifs is 3. The highest BCUT2D eigenvalue weighted by molar-refractivity contribution is 5.66. The first kappa shape index (κ1) is 14.9. The van der Waals surface area contributed by atoms with Crippen LogP contribution in [0.2, 0.25) is 0 Å². The maximum Gasteiger partial charge on any atom is 0.269 e. The summed E-state index contributed by atoms with van der Waals surface area (Å²) < 4.78 is 0. The zero-order valence-electron chi connectivity index (χ0n) is 13.8. The van der Waals surface area contributed by atoms with E-state index in [1.807, 2.05) is 12.1 Å². The van der Waals surface area contributed by atoms with Gasteiger partial charge in [0.05, 0.1) is 11.0 Å². The monoisotopic (exact) mass is 320 g/mol. The molecule has 1 aliphatic carbocycles. The predicted octanol–water partition coefficient (Wildman–Crippen LogP) is 5.04. The van der Waals surface area contributed by atoms with Gasteiger partial charge in [-0.05, 0) is 48.4 Å². The van der Waals surface area contributed by atoms with Crippen LogP contribution >= 0.6 is 0 Å². The number of benzene rings is 2. The summed E-state index contributed by atoms with van der Waals surface area (Å²) in [5.41, 5.74) is 6.47. The Morgan fingerprint density at radius 1 is 1.08 bits per heavy atom. The molecular weight excluding hydrogens is 300 g/mol. The molecule has 0 fully saturated rings. The third-order valence-corrected chi connectivity index (χ3v) is 5.41. The molecule has 122 valence electrons. The van der Waals surface area contributed by atoms with Gasteiger partial charge >= 0.3 is 0 Å².